The van der Waals surface area contributed by atoms with Crippen LogP contribution >= 0.6 is 34.9 Å². The van der Waals surface area contributed by atoms with Gasteiger partial charge in [0, 0.05) is 46.6 Å². The molecule has 6 heterocycles. The Hall–Kier alpha value is -6.03. The summed E-state index contributed by atoms with van der Waals surface area (Å²) in [5.41, 5.74) is 12.6. The second-order valence-electron chi connectivity index (χ2n) is 13.4. The van der Waals surface area contributed by atoms with Gasteiger partial charge in [0.25, 0.3) is 11.8 Å². The Kier molecular flexibility index (Phi) is 13.2. The molecular formula is C38H37N7O11S3. The van der Waals surface area contributed by atoms with Gasteiger partial charge in [0.2, 0.25) is 17.7 Å². The van der Waals surface area contributed by atoms with Crippen LogP contribution in [0.2, 0.25) is 0 Å². The standard InChI is InChI=1S/C20H18N4O5S2.C18H19N3O6S/c21-17(26)11-3-5-23(6-4-11)9-12-10-31-19-15(18(27)24(19)16(12)20(28)29)22-14(25)8-13-2-1-7-30-13;1-9(22)27-7-11-8-28-17-13(16(24)21(17)14(11)18(25)26)20-15(23)12(19)10-5-3-2-4-6-10/h1-7,15,19H,8-10H2,(H3-,21,22,25,26,28,29);2-6,12-13,17H,7-8,19H2,1H3,(H,20,23)(H,25,26)/t15-,19-;12-,13-,17-/m11/s1. The lowest BCUT2D eigenvalue weighted by molar-refractivity contribution is -0.689. The molecule has 0 bridgehead atoms. The maximum atomic E-state index is 12.7. The Labute approximate surface area is 348 Å². The van der Waals surface area contributed by atoms with Crippen LogP contribution in [0.25, 0.3) is 0 Å². The number of amides is 5. The summed E-state index contributed by atoms with van der Waals surface area (Å²) >= 11 is 4.13. The number of nitrogens with two attached hydrogens (primary N) is 2. The first kappa shape index (κ1) is 42.6. The number of fused-ring (bicyclic) bond motifs is 2. The van der Waals surface area contributed by atoms with Crippen molar-refractivity contribution in [1.29, 1.82) is 0 Å². The first-order valence-electron chi connectivity index (χ1n) is 17.8. The van der Waals surface area contributed by atoms with E-state index in [1.54, 1.807) is 47.3 Å². The quantitative estimate of drug-likeness (QED) is 0.0765. The van der Waals surface area contributed by atoms with Gasteiger partial charge in [-0.1, -0.05) is 36.4 Å². The number of benzene rings is 1. The van der Waals surface area contributed by atoms with Crippen molar-refractivity contribution < 1.29 is 57.9 Å². The minimum atomic E-state index is -1.44. The summed E-state index contributed by atoms with van der Waals surface area (Å²) in [5.74, 6) is -5.01. The van der Waals surface area contributed by atoms with Crippen molar-refractivity contribution in [1.82, 2.24) is 20.4 Å². The summed E-state index contributed by atoms with van der Waals surface area (Å²) in [6.07, 6.45) is 3.40. The Morgan fingerprint density at radius 1 is 0.898 bits per heavy atom. The molecule has 3 aromatic rings. The van der Waals surface area contributed by atoms with E-state index in [2.05, 4.69) is 10.6 Å². The number of carbonyl (C=O) groups excluding carboxylic acids is 7. The number of carboxylic acid groups (broad SMARTS) is 2. The third kappa shape index (κ3) is 9.32. The molecule has 0 saturated carbocycles. The summed E-state index contributed by atoms with van der Waals surface area (Å²) in [6, 6.07) is 12.9. The maximum Gasteiger partial charge on any atom is 0.352 e. The van der Waals surface area contributed by atoms with Crippen LogP contribution in [0.5, 0.6) is 0 Å². The summed E-state index contributed by atoms with van der Waals surface area (Å²) in [7, 11) is 0. The molecular weight excluding hydrogens is 827 g/mol. The van der Waals surface area contributed by atoms with E-state index in [9.17, 15) is 48.6 Å². The lowest BCUT2D eigenvalue weighted by Crippen LogP contribution is -2.71. The van der Waals surface area contributed by atoms with Crippen LogP contribution in [0, 0.1) is 0 Å². The fourth-order valence-electron chi connectivity index (χ4n) is 6.57. The number of thiophene rings is 1. The molecule has 308 valence electrons. The number of esters is 1. The van der Waals surface area contributed by atoms with Crippen LogP contribution in [0.4, 0.5) is 0 Å². The number of hydrogen-bond acceptors (Lipinski definition) is 14. The highest BCUT2D eigenvalue weighted by molar-refractivity contribution is 8.00. The van der Waals surface area contributed by atoms with E-state index >= 15 is 0 Å². The van der Waals surface area contributed by atoms with Crippen molar-refractivity contribution in [3.63, 3.8) is 0 Å². The zero-order chi connectivity index (χ0) is 42.5. The van der Waals surface area contributed by atoms with Crippen LogP contribution in [0.15, 0.2) is 94.9 Å². The van der Waals surface area contributed by atoms with Crippen molar-refractivity contribution >= 4 is 82.3 Å². The number of nitrogens with zero attached hydrogens (tertiary/aromatic N) is 3. The van der Waals surface area contributed by atoms with Crippen LogP contribution in [0.1, 0.15) is 33.8 Å². The molecule has 7 rings (SSSR count). The lowest BCUT2D eigenvalue weighted by atomic mass is 10.0. The first-order chi connectivity index (χ1) is 28.2. The number of primary amides is 1. The SMILES string of the molecule is CC(=O)OCC1=C(C(=O)O)N2C(=O)[C@@H](NC(=O)[C@H](N)c3ccccc3)[C@H]2SC1.NC(=O)c1cc[n+](CC2=C(C(=O)[O-])N3C(=O)[C@@H](NC(=O)Cc4cccs4)[C@H]3SC2)cc1. The van der Waals surface area contributed by atoms with E-state index in [4.69, 9.17) is 16.2 Å². The smallest absolute Gasteiger partial charge is 0.352 e. The molecule has 0 unspecified atom stereocenters. The number of carboxylic acids is 2. The summed E-state index contributed by atoms with van der Waals surface area (Å²) in [4.78, 5) is 98.8. The third-order valence-electron chi connectivity index (χ3n) is 9.46. The van der Waals surface area contributed by atoms with Crippen LogP contribution in [-0.2, 0) is 51.3 Å². The molecule has 2 aromatic heterocycles. The minimum absolute atomic E-state index is 0.163. The largest absolute Gasteiger partial charge is 0.543 e. The lowest BCUT2D eigenvalue weighted by Gasteiger charge is -2.50. The molecule has 0 spiro atoms. The van der Waals surface area contributed by atoms with E-state index in [0.29, 0.717) is 28.0 Å². The maximum absolute atomic E-state index is 12.7. The number of ether oxygens (including phenoxy) is 1. The molecule has 21 heteroatoms. The number of carbonyl (C=O) groups is 8. The second-order valence-corrected chi connectivity index (χ2v) is 16.6. The molecule has 4 aliphatic heterocycles. The monoisotopic (exact) mass is 863 g/mol. The number of hydrogen-bond donors (Lipinski definition) is 5. The number of pyridine rings is 1. The fraction of sp³-hybridized carbons (Fsp3) is 0.289. The molecule has 5 amide bonds. The molecule has 18 nitrogen and oxygen atoms in total. The number of rotatable bonds is 13. The van der Waals surface area contributed by atoms with Gasteiger partial charge in [-0.3, -0.25) is 38.6 Å². The predicted molar refractivity (Wildman–Crippen MR) is 210 cm³/mol. The zero-order valence-corrected chi connectivity index (χ0v) is 33.6. The van der Waals surface area contributed by atoms with Gasteiger partial charge in [0.1, 0.15) is 41.2 Å². The number of thioether (sulfide) groups is 2. The van der Waals surface area contributed by atoms with Gasteiger partial charge in [-0.15, -0.1) is 34.9 Å². The number of aliphatic carboxylic acids is 2. The third-order valence-corrected chi connectivity index (χ3v) is 13.0. The second kappa shape index (κ2) is 18.3. The molecule has 0 aliphatic carbocycles. The summed E-state index contributed by atoms with van der Waals surface area (Å²) in [6.45, 7) is 1.23. The van der Waals surface area contributed by atoms with Gasteiger partial charge in [-0.05, 0) is 17.0 Å². The van der Waals surface area contributed by atoms with Crippen molar-refractivity contribution in [3.8, 4) is 0 Å². The fourth-order valence-corrected chi connectivity index (χ4v) is 9.94. The van der Waals surface area contributed by atoms with E-state index < -0.39 is 70.4 Å². The Bertz CT molecular complexity index is 2250. The van der Waals surface area contributed by atoms with Gasteiger partial charge in [-0.2, -0.15) is 0 Å². The summed E-state index contributed by atoms with van der Waals surface area (Å²) < 4.78 is 6.57. The van der Waals surface area contributed by atoms with Crippen LogP contribution in [-0.4, -0.2) is 103 Å². The van der Waals surface area contributed by atoms with E-state index in [-0.39, 0.29) is 42.6 Å². The topological polar surface area (TPSA) is 276 Å². The summed E-state index contributed by atoms with van der Waals surface area (Å²) in [5, 5.41) is 27.5. The average Bonchev–Trinajstić information content (AvgIpc) is 3.73. The molecule has 59 heavy (non-hydrogen) atoms. The van der Waals surface area contributed by atoms with Gasteiger partial charge in [-0.25, -0.2) is 9.36 Å². The predicted octanol–water partition coefficient (Wildman–Crippen LogP) is -1.23. The first-order valence-corrected chi connectivity index (χ1v) is 20.8. The van der Waals surface area contributed by atoms with Crippen molar-refractivity contribution in [3.05, 3.63) is 111 Å². The van der Waals surface area contributed by atoms with E-state index in [0.717, 1.165) is 9.78 Å². The van der Waals surface area contributed by atoms with Crippen molar-refractivity contribution in [2.45, 2.75) is 48.8 Å². The molecule has 2 saturated heterocycles. The number of β-lactam (4-membered cyclic amide) rings is 2. The van der Waals surface area contributed by atoms with Crippen molar-refractivity contribution in [2.75, 3.05) is 18.1 Å². The number of nitrogens with one attached hydrogen (secondary N) is 2. The van der Waals surface area contributed by atoms with Gasteiger partial charge >= 0.3 is 11.9 Å². The van der Waals surface area contributed by atoms with Gasteiger partial charge in [0.15, 0.2) is 18.9 Å². The van der Waals surface area contributed by atoms with E-state index in [1.165, 1.54) is 58.8 Å². The zero-order valence-electron chi connectivity index (χ0n) is 31.1. The highest BCUT2D eigenvalue weighted by Gasteiger charge is 2.55. The van der Waals surface area contributed by atoms with E-state index in [1.807, 2.05) is 17.5 Å². The molecule has 7 N–H and O–H groups in total. The highest BCUT2D eigenvalue weighted by Crippen LogP contribution is 2.41. The van der Waals surface area contributed by atoms with Crippen LogP contribution < -0.4 is 31.8 Å². The Balaban J connectivity index is 0.000000199. The molecule has 1 aromatic carbocycles. The molecule has 4 aliphatic rings. The van der Waals surface area contributed by atoms with Crippen molar-refractivity contribution in [2.24, 2.45) is 11.5 Å². The van der Waals surface area contributed by atoms with Crippen LogP contribution in [0.3, 0.4) is 0 Å². The van der Waals surface area contributed by atoms with Gasteiger partial charge < -0.3 is 41.8 Å². The Morgan fingerprint density at radius 2 is 1.51 bits per heavy atom. The molecule has 5 atom stereocenters. The highest BCUT2D eigenvalue weighted by atomic mass is 32.2. The molecule has 2 fully saturated rings. The average molecular weight is 864 g/mol. The number of aromatic nitrogens is 1. The molecule has 0 radical (unpaired) electrons. The normalized spacial score (nSPS) is 21.1. The Morgan fingerprint density at radius 3 is 2.07 bits per heavy atom. The van der Waals surface area contributed by atoms with Gasteiger partial charge in [0.05, 0.1) is 23.7 Å². The minimum Gasteiger partial charge on any atom is -0.543 e.